The number of rotatable bonds is 7. The highest BCUT2D eigenvalue weighted by molar-refractivity contribution is 5.62. The predicted molar refractivity (Wildman–Crippen MR) is 121 cm³/mol. The van der Waals surface area contributed by atoms with Crippen LogP contribution in [0.3, 0.4) is 0 Å². The highest BCUT2D eigenvalue weighted by atomic mass is 19.4. The zero-order valence-electron chi connectivity index (χ0n) is 19.2. The molecule has 0 aliphatic rings. The molecule has 0 amide bonds. The molecule has 15 heteroatoms. The van der Waals surface area contributed by atoms with Gasteiger partial charge in [-0.2, -0.15) is 33.2 Å². The van der Waals surface area contributed by atoms with Crippen LogP contribution < -0.4 is 10.1 Å². The fraction of sp³-hybridized carbons (Fsp3) is 0.125. The molecule has 4 aromatic rings. The largest absolute Gasteiger partial charge is 0.573 e. The fourth-order valence-corrected chi connectivity index (χ4v) is 3.17. The minimum absolute atomic E-state index is 0.0833. The van der Waals surface area contributed by atoms with E-state index in [0.29, 0.717) is 5.56 Å². The molecule has 0 atom stereocenters. The lowest BCUT2D eigenvalue weighted by molar-refractivity contribution is -0.274. The zero-order chi connectivity index (χ0) is 28.2. The fourth-order valence-electron chi connectivity index (χ4n) is 3.17. The molecule has 0 aliphatic heterocycles. The second kappa shape index (κ2) is 11.0. The van der Waals surface area contributed by atoms with Gasteiger partial charge in [0.05, 0.1) is 17.7 Å². The molecule has 7 nitrogen and oxygen atoms in total. The van der Waals surface area contributed by atoms with Crippen molar-refractivity contribution < 1.29 is 39.9 Å². The maximum atomic E-state index is 14.4. The summed E-state index contributed by atoms with van der Waals surface area (Å²) in [5, 5.41) is 10.1. The van der Waals surface area contributed by atoms with E-state index in [9.17, 15) is 35.1 Å². The standard InChI is InChI=1S/C24H14F8N6O/c25-17-5-2-6-18(26)19(17)20-35-21(34-15-4-1-3-14(11-15)23(27,28)29)37-22(36-20)38-33-12-13-7-9-16(10-8-13)39-24(30,31)32/h1-11H,12H2,(H,34,35,36,37). The third-order valence-electron chi connectivity index (χ3n) is 4.83. The predicted octanol–water partition coefficient (Wildman–Crippen LogP) is 7.76. The smallest absolute Gasteiger partial charge is 0.406 e. The molecule has 4 rings (SSSR count). The molecular weight excluding hydrogens is 540 g/mol. The summed E-state index contributed by atoms with van der Waals surface area (Å²) in [4.78, 5) is 11.7. The number of aromatic nitrogens is 3. The van der Waals surface area contributed by atoms with E-state index in [1.807, 2.05) is 0 Å². The van der Waals surface area contributed by atoms with Crippen molar-refractivity contribution in [1.29, 1.82) is 0 Å². The normalized spacial score (nSPS) is 12.1. The summed E-state index contributed by atoms with van der Waals surface area (Å²) in [6, 6.07) is 11.8. The average molecular weight is 554 g/mol. The van der Waals surface area contributed by atoms with E-state index >= 15 is 0 Å². The van der Waals surface area contributed by atoms with Gasteiger partial charge in [-0.15, -0.1) is 18.3 Å². The van der Waals surface area contributed by atoms with E-state index < -0.39 is 52.8 Å². The van der Waals surface area contributed by atoms with Gasteiger partial charge in [0.2, 0.25) is 5.95 Å². The molecule has 0 fully saturated rings. The van der Waals surface area contributed by atoms with Crippen molar-refractivity contribution in [3.05, 3.63) is 89.5 Å². The zero-order valence-corrected chi connectivity index (χ0v) is 19.2. The number of alkyl halides is 6. The van der Waals surface area contributed by atoms with Crippen molar-refractivity contribution in [1.82, 2.24) is 15.0 Å². The summed E-state index contributed by atoms with van der Waals surface area (Å²) in [6.45, 7) is -0.155. The Morgan fingerprint density at radius 1 is 0.795 bits per heavy atom. The third-order valence-corrected chi connectivity index (χ3v) is 4.83. The van der Waals surface area contributed by atoms with Gasteiger partial charge in [-0.3, -0.25) is 0 Å². The Morgan fingerprint density at radius 2 is 1.46 bits per heavy atom. The number of hydrogen-bond donors (Lipinski definition) is 1. The van der Waals surface area contributed by atoms with E-state index in [1.54, 1.807) is 0 Å². The quantitative estimate of drug-likeness (QED) is 0.186. The highest BCUT2D eigenvalue weighted by Crippen LogP contribution is 2.32. The van der Waals surface area contributed by atoms with Gasteiger partial charge < -0.3 is 10.1 Å². The van der Waals surface area contributed by atoms with Crippen LogP contribution in [0.2, 0.25) is 0 Å². The second-order valence-corrected chi connectivity index (χ2v) is 7.67. The molecule has 1 aromatic heterocycles. The molecule has 0 radical (unpaired) electrons. The van der Waals surface area contributed by atoms with Crippen LogP contribution in [-0.4, -0.2) is 21.3 Å². The number of hydrogen-bond acceptors (Lipinski definition) is 7. The monoisotopic (exact) mass is 554 g/mol. The molecule has 39 heavy (non-hydrogen) atoms. The van der Waals surface area contributed by atoms with Crippen molar-refractivity contribution in [2.45, 2.75) is 19.1 Å². The molecule has 1 N–H and O–H groups in total. The summed E-state index contributed by atoms with van der Waals surface area (Å²) >= 11 is 0. The minimum Gasteiger partial charge on any atom is -0.406 e. The van der Waals surface area contributed by atoms with E-state index in [2.05, 4.69) is 35.2 Å². The molecule has 0 unspecified atom stereocenters. The van der Waals surface area contributed by atoms with Crippen LogP contribution >= 0.6 is 0 Å². The van der Waals surface area contributed by atoms with Gasteiger partial charge in [0.1, 0.15) is 17.4 Å². The van der Waals surface area contributed by atoms with Crippen LogP contribution in [0.5, 0.6) is 5.75 Å². The summed E-state index contributed by atoms with van der Waals surface area (Å²) in [5.74, 6) is -3.83. The lowest BCUT2D eigenvalue weighted by Crippen LogP contribution is -2.16. The number of halogens is 8. The highest BCUT2D eigenvalue weighted by Gasteiger charge is 2.31. The number of ether oxygens (including phenoxy) is 1. The first-order valence-corrected chi connectivity index (χ1v) is 10.7. The molecule has 0 saturated carbocycles. The van der Waals surface area contributed by atoms with Crippen LogP contribution in [0.4, 0.5) is 52.7 Å². The van der Waals surface area contributed by atoms with E-state index in [-0.39, 0.29) is 18.2 Å². The van der Waals surface area contributed by atoms with Crippen molar-refractivity contribution in [3.63, 3.8) is 0 Å². The van der Waals surface area contributed by atoms with Crippen molar-refractivity contribution in [2.24, 2.45) is 10.2 Å². The number of anilines is 2. The van der Waals surface area contributed by atoms with Gasteiger partial charge in [-0.05, 0) is 48.0 Å². The van der Waals surface area contributed by atoms with E-state index in [1.165, 1.54) is 18.2 Å². The lowest BCUT2D eigenvalue weighted by Gasteiger charge is -2.11. The Kier molecular flexibility index (Phi) is 7.69. The van der Waals surface area contributed by atoms with Crippen LogP contribution in [0.15, 0.2) is 77.0 Å². The molecule has 1 heterocycles. The Hall–Kier alpha value is -4.69. The number of azo groups is 1. The number of benzene rings is 3. The Bertz CT molecular complexity index is 1470. The lowest BCUT2D eigenvalue weighted by atomic mass is 10.2. The average Bonchev–Trinajstić information content (AvgIpc) is 2.84. The van der Waals surface area contributed by atoms with E-state index in [0.717, 1.165) is 48.5 Å². The van der Waals surface area contributed by atoms with Gasteiger partial charge in [0, 0.05) is 5.69 Å². The number of nitrogens with zero attached hydrogens (tertiary/aromatic N) is 5. The van der Waals surface area contributed by atoms with Crippen LogP contribution in [-0.2, 0) is 12.7 Å². The van der Waals surface area contributed by atoms with Crippen LogP contribution in [0.25, 0.3) is 11.4 Å². The summed E-state index contributed by atoms with van der Waals surface area (Å²) in [5.41, 5.74) is -1.26. The Balaban J connectivity index is 1.63. The Morgan fingerprint density at radius 3 is 2.10 bits per heavy atom. The molecule has 0 spiro atoms. The second-order valence-electron chi connectivity index (χ2n) is 7.67. The summed E-state index contributed by atoms with van der Waals surface area (Å²) in [7, 11) is 0. The van der Waals surface area contributed by atoms with Gasteiger partial charge in [-0.1, -0.05) is 24.3 Å². The van der Waals surface area contributed by atoms with Crippen molar-refractivity contribution in [3.8, 4) is 17.1 Å². The first-order chi connectivity index (χ1) is 18.4. The molecular formula is C24H14F8N6O. The minimum atomic E-state index is -4.85. The molecule has 0 aliphatic carbocycles. The van der Waals surface area contributed by atoms with Crippen LogP contribution in [0, 0.1) is 11.6 Å². The van der Waals surface area contributed by atoms with E-state index in [4.69, 9.17) is 0 Å². The van der Waals surface area contributed by atoms with Gasteiger partial charge in [0.25, 0.3) is 5.95 Å². The first kappa shape index (κ1) is 27.3. The number of nitrogens with one attached hydrogen (secondary N) is 1. The van der Waals surface area contributed by atoms with Gasteiger partial charge in [0.15, 0.2) is 5.82 Å². The molecule has 0 saturated heterocycles. The van der Waals surface area contributed by atoms with Gasteiger partial charge >= 0.3 is 12.5 Å². The summed E-state index contributed by atoms with van der Waals surface area (Å²) in [6.07, 6.45) is -9.48. The summed E-state index contributed by atoms with van der Waals surface area (Å²) < 4.78 is 109. The topological polar surface area (TPSA) is 84.7 Å². The maximum absolute atomic E-state index is 14.4. The Labute approximate surface area is 214 Å². The molecule has 0 bridgehead atoms. The van der Waals surface area contributed by atoms with Gasteiger partial charge in [-0.25, -0.2) is 8.78 Å². The SMILES string of the molecule is Fc1cccc(F)c1-c1nc(N=NCc2ccc(OC(F)(F)F)cc2)nc(Nc2cccc(C(F)(F)F)c2)n1. The van der Waals surface area contributed by atoms with Crippen LogP contribution in [0.1, 0.15) is 11.1 Å². The maximum Gasteiger partial charge on any atom is 0.573 e. The molecule has 3 aromatic carbocycles. The van der Waals surface area contributed by atoms with Crippen molar-refractivity contribution in [2.75, 3.05) is 5.32 Å². The van der Waals surface area contributed by atoms with Crippen molar-refractivity contribution >= 4 is 17.6 Å². The molecule has 202 valence electrons. The third kappa shape index (κ3) is 7.43. The first-order valence-electron chi connectivity index (χ1n) is 10.7.